The van der Waals surface area contributed by atoms with E-state index in [0.717, 1.165) is 0 Å². The van der Waals surface area contributed by atoms with Crippen LogP contribution >= 0.6 is 0 Å². The van der Waals surface area contributed by atoms with Crippen molar-refractivity contribution >= 4 is 5.91 Å². The van der Waals surface area contributed by atoms with Crippen LogP contribution in [0.15, 0.2) is 0 Å². The molecular weight excluding hydrogens is 225 g/mol. The molecule has 0 aromatic heterocycles. The second kappa shape index (κ2) is 3.33. The van der Waals surface area contributed by atoms with Crippen LogP contribution in [-0.2, 0) is 4.79 Å². The van der Waals surface area contributed by atoms with E-state index in [9.17, 15) is 23.1 Å². The minimum atomic E-state index is -4.56. The van der Waals surface area contributed by atoms with E-state index in [2.05, 4.69) is 0 Å². The van der Waals surface area contributed by atoms with Gasteiger partial charge in [0.25, 0.3) is 0 Å². The van der Waals surface area contributed by atoms with Crippen molar-refractivity contribution in [1.82, 2.24) is 9.80 Å². The minimum absolute atomic E-state index is 0.0356. The lowest BCUT2D eigenvalue weighted by Crippen LogP contribution is -2.75. The zero-order chi connectivity index (χ0) is 12.1. The molecule has 0 saturated carbocycles. The summed E-state index contributed by atoms with van der Waals surface area (Å²) in [5.41, 5.74) is -2.55. The van der Waals surface area contributed by atoms with Gasteiger partial charge in [0.1, 0.15) is 0 Å². The number of nitrogens with zero attached hydrogens (tertiary/aromatic N) is 2. The number of rotatable bonds is 1. The predicted octanol–water partition coefficient (Wildman–Crippen LogP) is -0.174. The topological polar surface area (TPSA) is 43.8 Å². The Kier molecular flexibility index (Phi) is 2.43. The molecule has 0 bridgehead atoms. The van der Waals surface area contributed by atoms with E-state index in [-0.39, 0.29) is 25.0 Å². The molecule has 2 aliphatic rings. The number of carbonyl (C=O) groups excluding carboxylic acids is 1. The van der Waals surface area contributed by atoms with E-state index in [0.29, 0.717) is 13.1 Å². The number of hydrogen-bond donors (Lipinski definition) is 1. The third-order valence-electron chi connectivity index (χ3n) is 3.28. The van der Waals surface area contributed by atoms with Gasteiger partial charge in [0.05, 0.1) is 0 Å². The fourth-order valence-electron chi connectivity index (χ4n) is 2.01. The molecule has 0 aromatic rings. The summed E-state index contributed by atoms with van der Waals surface area (Å²) >= 11 is 0. The van der Waals surface area contributed by atoms with Crippen molar-refractivity contribution in [2.24, 2.45) is 0 Å². The average molecular weight is 238 g/mol. The lowest BCUT2D eigenvalue weighted by molar-refractivity contribution is -0.309. The van der Waals surface area contributed by atoms with Crippen molar-refractivity contribution in [2.75, 3.05) is 26.2 Å². The maximum absolute atomic E-state index is 12.3. The summed E-state index contributed by atoms with van der Waals surface area (Å²) < 4.78 is 36.9. The maximum Gasteiger partial charge on any atom is 0.419 e. The van der Waals surface area contributed by atoms with E-state index >= 15 is 0 Å². The highest BCUT2D eigenvalue weighted by atomic mass is 19.4. The van der Waals surface area contributed by atoms with Gasteiger partial charge in [0.15, 0.2) is 5.60 Å². The molecule has 0 unspecified atom stereocenters. The molecule has 2 saturated heterocycles. The van der Waals surface area contributed by atoms with Gasteiger partial charge in [-0.3, -0.25) is 9.69 Å². The Morgan fingerprint density at radius 2 is 1.88 bits per heavy atom. The van der Waals surface area contributed by atoms with Gasteiger partial charge in [-0.1, -0.05) is 0 Å². The quantitative estimate of drug-likeness (QED) is 0.689. The van der Waals surface area contributed by atoms with Gasteiger partial charge in [-0.2, -0.15) is 13.2 Å². The molecule has 0 aliphatic carbocycles. The number of carbonyl (C=O) groups is 1. The molecule has 1 N–H and O–H groups in total. The second-order valence-corrected chi connectivity index (χ2v) is 4.51. The first-order valence-electron chi connectivity index (χ1n) is 5.01. The highest BCUT2D eigenvalue weighted by Gasteiger charge is 2.62. The largest absolute Gasteiger partial charge is 0.419 e. The smallest absolute Gasteiger partial charge is 0.378 e. The van der Waals surface area contributed by atoms with Gasteiger partial charge in [-0.05, 0) is 0 Å². The third kappa shape index (κ3) is 1.67. The number of β-amino-alcohol motifs (C(OH)–C–C–N with tert-alkyl or cyclic N) is 1. The van der Waals surface area contributed by atoms with Crippen LogP contribution in [0.1, 0.15) is 6.92 Å². The molecule has 4 nitrogen and oxygen atoms in total. The number of hydrogen-bond acceptors (Lipinski definition) is 3. The molecule has 16 heavy (non-hydrogen) atoms. The second-order valence-electron chi connectivity index (χ2n) is 4.51. The SMILES string of the molecule is CC(=O)N1CC(N2CC(O)(C(F)(F)F)C2)C1. The Morgan fingerprint density at radius 3 is 2.25 bits per heavy atom. The molecule has 0 aromatic carbocycles. The first-order chi connectivity index (χ1) is 7.23. The van der Waals surface area contributed by atoms with Crippen LogP contribution in [0.3, 0.4) is 0 Å². The number of aliphatic hydroxyl groups is 1. The summed E-state index contributed by atoms with van der Waals surface area (Å²) in [5.74, 6) is -0.0668. The van der Waals surface area contributed by atoms with Gasteiger partial charge in [0.2, 0.25) is 5.91 Å². The van der Waals surface area contributed by atoms with Crippen molar-refractivity contribution in [3.63, 3.8) is 0 Å². The fourth-order valence-corrected chi connectivity index (χ4v) is 2.01. The molecule has 0 atom stereocenters. The molecule has 2 aliphatic heterocycles. The Morgan fingerprint density at radius 1 is 1.38 bits per heavy atom. The van der Waals surface area contributed by atoms with Gasteiger partial charge in [-0.25, -0.2) is 0 Å². The number of amides is 1. The minimum Gasteiger partial charge on any atom is -0.378 e. The number of halogens is 3. The zero-order valence-electron chi connectivity index (χ0n) is 8.79. The standard InChI is InChI=1S/C9H13F3N2O2/c1-6(15)13-2-7(3-13)14-4-8(16,5-14)9(10,11)12/h7,16H,2-5H2,1H3. The van der Waals surface area contributed by atoms with Crippen LogP contribution in [0.25, 0.3) is 0 Å². The Hall–Kier alpha value is -0.820. The lowest BCUT2D eigenvalue weighted by Gasteiger charge is -2.55. The van der Waals surface area contributed by atoms with Crippen LogP contribution in [-0.4, -0.2) is 64.8 Å². The summed E-state index contributed by atoms with van der Waals surface area (Å²) in [5, 5.41) is 9.21. The first kappa shape index (κ1) is 11.7. The van der Waals surface area contributed by atoms with Gasteiger partial charge >= 0.3 is 6.18 Å². The normalized spacial score (nSPS) is 26.2. The molecule has 0 spiro atoms. The average Bonchev–Trinajstić information content (AvgIpc) is 1.94. The summed E-state index contributed by atoms with van der Waals surface area (Å²) in [7, 11) is 0. The molecule has 7 heteroatoms. The molecule has 92 valence electrons. The molecule has 0 radical (unpaired) electrons. The van der Waals surface area contributed by atoms with Crippen molar-refractivity contribution in [2.45, 2.75) is 24.7 Å². The van der Waals surface area contributed by atoms with Crippen LogP contribution in [0.2, 0.25) is 0 Å². The van der Waals surface area contributed by atoms with Crippen LogP contribution in [0, 0.1) is 0 Å². The molecule has 1 amide bonds. The van der Waals surface area contributed by atoms with E-state index in [1.165, 1.54) is 6.92 Å². The van der Waals surface area contributed by atoms with Crippen LogP contribution in [0.4, 0.5) is 13.2 Å². The van der Waals surface area contributed by atoms with Crippen LogP contribution in [0.5, 0.6) is 0 Å². The Labute approximate surface area is 90.6 Å². The zero-order valence-corrected chi connectivity index (χ0v) is 8.79. The van der Waals surface area contributed by atoms with E-state index in [4.69, 9.17) is 0 Å². The van der Waals surface area contributed by atoms with Crippen LogP contribution < -0.4 is 0 Å². The molecule has 2 rings (SSSR count). The van der Waals surface area contributed by atoms with Crippen molar-refractivity contribution < 1.29 is 23.1 Å². The van der Waals surface area contributed by atoms with Crippen molar-refractivity contribution in [3.05, 3.63) is 0 Å². The highest BCUT2D eigenvalue weighted by Crippen LogP contribution is 2.39. The summed E-state index contributed by atoms with van der Waals surface area (Å²) in [6, 6.07) is -0.0356. The highest BCUT2D eigenvalue weighted by molar-refractivity contribution is 5.74. The maximum atomic E-state index is 12.3. The summed E-state index contributed by atoms with van der Waals surface area (Å²) in [4.78, 5) is 14.0. The van der Waals surface area contributed by atoms with E-state index < -0.39 is 11.8 Å². The third-order valence-corrected chi connectivity index (χ3v) is 3.28. The molecule has 2 fully saturated rings. The summed E-state index contributed by atoms with van der Waals surface area (Å²) in [6.07, 6.45) is -4.56. The van der Waals surface area contributed by atoms with E-state index in [1.807, 2.05) is 0 Å². The first-order valence-corrected chi connectivity index (χ1v) is 5.01. The number of alkyl halides is 3. The van der Waals surface area contributed by atoms with Gasteiger partial charge < -0.3 is 10.0 Å². The number of likely N-dealkylation sites (tertiary alicyclic amines) is 2. The van der Waals surface area contributed by atoms with Crippen molar-refractivity contribution in [3.8, 4) is 0 Å². The fraction of sp³-hybridized carbons (Fsp3) is 0.889. The summed E-state index contributed by atoms with van der Waals surface area (Å²) in [6.45, 7) is 1.59. The monoisotopic (exact) mass is 238 g/mol. The molecule has 2 heterocycles. The van der Waals surface area contributed by atoms with Crippen molar-refractivity contribution in [1.29, 1.82) is 0 Å². The molecular formula is C9H13F3N2O2. The lowest BCUT2D eigenvalue weighted by atomic mass is 9.89. The Balaban J connectivity index is 1.80. The predicted molar refractivity (Wildman–Crippen MR) is 48.6 cm³/mol. The Bertz CT molecular complexity index is 306. The van der Waals surface area contributed by atoms with Gasteiger partial charge in [0, 0.05) is 39.1 Å². The van der Waals surface area contributed by atoms with Gasteiger partial charge in [-0.15, -0.1) is 0 Å². The van der Waals surface area contributed by atoms with E-state index in [1.54, 1.807) is 9.80 Å².